The molecule has 82 valence electrons. The molecule has 5 nitrogen and oxygen atoms in total. The number of thioether (sulfide) groups is 1. The van der Waals surface area contributed by atoms with Gasteiger partial charge in [0.05, 0.1) is 16.8 Å². The minimum absolute atomic E-state index is 0.185. The molecule has 0 radical (unpaired) electrons. The van der Waals surface area contributed by atoms with Crippen LogP contribution in [0, 0.1) is 0 Å². The summed E-state index contributed by atoms with van der Waals surface area (Å²) in [5, 5.41) is 0.635. The lowest BCUT2D eigenvalue weighted by Crippen LogP contribution is -2.07. The topological polar surface area (TPSA) is 78.1 Å². The van der Waals surface area contributed by atoms with Crippen LogP contribution >= 0.6 is 27.7 Å². The van der Waals surface area contributed by atoms with Gasteiger partial charge in [0, 0.05) is 6.20 Å². The maximum absolute atomic E-state index is 11.1. The van der Waals surface area contributed by atoms with Gasteiger partial charge in [0.15, 0.2) is 0 Å². The summed E-state index contributed by atoms with van der Waals surface area (Å²) in [5.74, 6) is 0.124. The third-order valence-corrected chi connectivity index (χ3v) is 3.17. The quantitative estimate of drug-likeness (QED) is 0.514. The van der Waals surface area contributed by atoms with Gasteiger partial charge < -0.3 is 10.5 Å². The second-order valence-corrected chi connectivity index (χ2v) is 4.29. The van der Waals surface area contributed by atoms with Crippen LogP contribution < -0.4 is 5.73 Å². The number of rotatable bonds is 4. The van der Waals surface area contributed by atoms with Crippen molar-refractivity contribution in [2.24, 2.45) is 0 Å². The van der Waals surface area contributed by atoms with Crippen LogP contribution in [-0.4, -0.2) is 28.3 Å². The number of ether oxygens (including phenoxy) is 1. The first-order chi connectivity index (χ1) is 7.13. The zero-order chi connectivity index (χ0) is 11.3. The van der Waals surface area contributed by atoms with Crippen molar-refractivity contribution in [3.63, 3.8) is 0 Å². The van der Waals surface area contributed by atoms with E-state index in [0.29, 0.717) is 16.1 Å². The Morgan fingerprint density at radius 1 is 1.73 bits per heavy atom. The predicted octanol–water partition coefficient (Wildman–Crippen LogP) is 1.48. The summed E-state index contributed by atoms with van der Waals surface area (Å²) in [7, 11) is 0. The molecule has 0 fully saturated rings. The van der Waals surface area contributed by atoms with Gasteiger partial charge in [-0.15, -0.1) is 0 Å². The molecule has 15 heavy (non-hydrogen) atoms. The van der Waals surface area contributed by atoms with Gasteiger partial charge in [0.1, 0.15) is 5.03 Å². The number of nitrogen functional groups attached to an aromatic ring is 1. The number of hydrogen-bond donors (Lipinski definition) is 1. The van der Waals surface area contributed by atoms with E-state index >= 15 is 0 Å². The van der Waals surface area contributed by atoms with Crippen molar-refractivity contribution in [1.82, 2.24) is 9.97 Å². The highest BCUT2D eigenvalue weighted by Gasteiger charge is 2.08. The smallest absolute Gasteiger partial charge is 0.316 e. The lowest BCUT2D eigenvalue weighted by atomic mass is 10.7. The molecule has 0 aliphatic rings. The van der Waals surface area contributed by atoms with E-state index in [1.807, 2.05) is 0 Å². The summed E-state index contributed by atoms with van der Waals surface area (Å²) in [4.78, 5) is 18.9. The molecule has 2 N–H and O–H groups in total. The van der Waals surface area contributed by atoms with Crippen LogP contribution in [0.1, 0.15) is 6.92 Å². The Morgan fingerprint density at radius 3 is 3.13 bits per heavy atom. The highest BCUT2D eigenvalue weighted by atomic mass is 79.9. The van der Waals surface area contributed by atoms with E-state index in [4.69, 9.17) is 10.5 Å². The Morgan fingerprint density at radius 2 is 2.47 bits per heavy atom. The highest BCUT2D eigenvalue weighted by Crippen LogP contribution is 2.24. The van der Waals surface area contributed by atoms with Gasteiger partial charge in [-0.05, 0) is 22.9 Å². The molecule has 0 saturated carbocycles. The summed E-state index contributed by atoms with van der Waals surface area (Å²) in [5.41, 5.74) is 5.42. The first-order valence-electron chi connectivity index (χ1n) is 4.20. The molecule has 0 aliphatic carbocycles. The third-order valence-electron chi connectivity index (χ3n) is 1.36. The lowest BCUT2D eigenvalue weighted by Gasteiger charge is -2.03. The molecule has 1 aromatic rings. The van der Waals surface area contributed by atoms with Crippen molar-refractivity contribution in [2.45, 2.75) is 11.9 Å². The van der Waals surface area contributed by atoms with E-state index in [-0.39, 0.29) is 17.7 Å². The summed E-state index contributed by atoms with van der Waals surface area (Å²) in [6.07, 6.45) is 1.55. The fraction of sp³-hybridized carbons (Fsp3) is 0.375. The maximum atomic E-state index is 11.1. The lowest BCUT2D eigenvalue weighted by molar-refractivity contribution is -0.139. The predicted molar refractivity (Wildman–Crippen MR) is 61.5 cm³/mol. The highest BCUT2D eigenvalue weighted by molar-refractivity contribution is 9.10. The number of carbonyl (C=O) groups is 1. The molecule has 0 amide bonds. The van der Waals surface area contributed by atoms with Crippen molar-refractivity contribution in [3.8, 4) is 0 Å². The van der Waals surface area contributed by atoms with Gasteiger partial charge in [-0.3, -0.25) is 4.79 Å². The maximum Gasteiger partial charge on any atom is 0.316 e. The molecule has 0 aromatic carbocycles. The van der Waals surface area contributed by atoms with Gasteiger partial charge in [-0.2, -0.15) is 0 Å². The van der Waals surface area contributed by atoms with Crippen LogP contribution in [0.4, 0.5) is 5.95 Å². The molecule has 1 aromatic heterocycles. The van der Waals surface area contributed by atoms with E-state index < -0.39 is 0 Å². The SMILES string of the molecule is CCOC(=O)CSc1nc(N)ncc1Br. The minimum atomic E-state index is -0.272. The number of carbonyl (C=O) groups excluding carboxylic acids is 1. The monoisotopic (exact) mass is 291 g/mol. The Balaban J connectivity index is 2.57. The standard InChI is InChI=1S/C8H10BrN3O2S/c1-2-14-6(13)4-15-7-5(9)3-11-8(10)12-7/h3H,2,4H2,1H3,(H2,10,11,12). The summed E-state index contributed by atoms with van der Waals surface area (Å²) >= 11 is 4.52. The average molecular weight is 292 g/mol. The molecule has 1 heterocycles. The number of anilines is 1. The van der Waals surface area contributed by atoms with Crippen molar-refractivity contribution in [3.05, 3.63) is 10.7 Å². The molecular formula is C8H10BrN3O2S. The van der Waals surface area contributed by atoms with Crippen LogP contribution in [-0.2, 0) is 9.53 Å². The zero-order valence-electron chi connectivity index (χ0n) is 8.07. The van der Waals surface area contributed by atoms with Crippen molar-refractivity contribution in [1.29, 1.82) is 0 Å². The Bertz CT molecular complexity index is 362. The molecule has 0 aliphatic heterocycles. The number of hydrogen-bond acceptors (Lipinski definition) is 6. The molecule has 7 heteroatoms. The van der Waals surface area contributed by atoms with E-state index in [1.165, 1.54) is 11.8 Å². The second-order valence-electron chi connectivity index (χ2n) is 2.47. The normalized spacial score (nSPS) is 10.0. The van der Waals surface area contributed by atoms with Crippen LogP contribution in [0.25, 0.3) is 0 Å². The van der Waals surface area contributed by atoms with Gasteiger partial charge in [-0.1, -0.05) is 11.8 Å². The van der Waals surface area contributed by atoms with Crippen LogP contribution in [0.3, 0.4) is 0 Å². The first kappa shape index (κ1) is 12.3. The molecule has 0 spiro atoms. The van der Waals surface area contributed by atoms with Gasteiger partial charge in [-0.25, -0.2) is 9.97 Å². The van der Waals surface area contributed by atoms with Crippen LogP contribution in [0.15, 0.2) is 15.7 Å². The summed E-state index contributed by atoms with van der Waals surface area (Å²) < 4.78 is 5.50. The molecule has 1 rings (SSSR count). The molecule has 0 bridgehead atoms. The van der Waals surface area contributed by atoms with Crippen molar-refractivity contribution < 1.29 is 9.53 Å². The Hall–Kier alpha value is -0.820. The fourth-order valence-corrected chi connectivity index (χ4v) is 2.02. The number of aromatic nitrogens is 2. The third kappa shape index (κ3) is 4.05. The van der Waals surface area contributed by atoms with Gasteiger partial charge in [0.2, 0.25) is 5.95 Å². The van der Waals surface area contributed by atoms with E-state index in [9.17, 15) is 4.79 Å². The average Bonchev–Trinajstić information content (AvgIpc) is 2.20. The molecule has 0 saturated heterocycles. The fourth-order valence-electron chi connectivity index (χ4n) is 0.795. The number of esters is 1. The Kier molecular flexibility index (Phi) is 4.83. The van der Waals surface area contributed by atoms with E-state index in [0.717, 1.165) is 0 Å². The van der Waals surface area contributed by atoms with E-state index in [1.54, 1.807) is 13.1 Å². The number of nitrogens with two attached hydrogens (primary N) is 1. The van der Waals surface area contributed by atoms with E-state index in [2.05, 4.69) is 25.9 Å². The summed E-state index contributed by atoms with van der Waals surface area (Å²) in [6, 6.07) is 0. The largest absolute Gasteiger partial charge is 0.465 e. The van der Waals surface area contributed by atoms with Crippen LogP contribution in [0.2, 0.25) is 0 Å². The van der Waals surface area contributed by atoms with Gasteiger partial charge >= 0.3 is 5.97 Å². The Labute approximate surface area is 99.9 Å². The van der Waals surface area contributed by atoms with Crippen molar-refractivity contribution in [2.75, 3.05) is 18.1 Å². The molecule has 0 atom stereocenters. The van der Waals surface area contributed by atoms with Gasteiger partial charge in [0.25, 0.3) is 0 Å². The summed E-state index contributed by atoms with van der Waals surface area (Å²) in [6.45, 7) is 2.15. The van der Waals surface area contributed by atoms with Crippen molar-refractivity contribution >= 4 is 39.6 Å². The number of halogens is 1. The first-order valence-corrected chi connectivity index (χ1v) is 5.97. The second kappa shape index (κ2) is 5.92. The van der Waals surface area contributed by atoms with Crippen LogP contribution in [0.5, 0.6) is 0 Å². The molecule has 0 unspecified atom stereocenters. The number of nitrogens with zero attached hydrogens (tertiary/aromatic N) is 2. The minimum Gasteiger partial charge on any atom is -0.465 e. The zero-order valence-corrected chi connectivity index (χ0v) is 10.5. The molecular weight excluding hydrogens is 282 g/mol.